The summed E-state index contributed by atoms with van der Waals surface area (Å²) >= 11 is 0. The van der Waals surface area contributed by atoms with Gasteiger partial charge in [-0.3, -0.25) is 0 Å². The number of hydrogen-bond acceptors (Lipinski definition) is 2. The van der Waals surface area contributed by atoms with Crippen LogP contribution in [-0.2, 0) is 11.8 Å². The van der Waals surface area contributed by atoms with Gasteiger partial charge in [0, 0.05) is 13.1 Å². The first-order chi connectivity index (χ1) is 10.8. The van der Waals surface area contributed by atoms with Gasteiger partial charge in [-0.2, -0.15) is 0 Å². The zero-order valence-electron chi connectivity index (χ0n) is 16.1. The van der Waals surface area contributed by atoms with E-state index >= 15 is 0 Å². The second-order valence-corrected chi connectivity index (χ2v) is 7.85. The van der Waals surface area contributed by atoms with E-state index < -0.39 is 0 Å². The first kappa shape index (κ1) is 20.2. The molecular weight excluding hydrogens is 282 g/mol. The molecule has 2 nitrogen and oxygen atoms in total. The van der Waals surface area contributed by atoms with Crippen LogP contribution >= 0.6 is 0 Å². The maximum Gasteiger partial charge on any atom is 0.0639 e. The average molecular weight is 320 g/mol. The average Bonchev–Trinajstić information content (AvgIpc) is 2.47. The second-order valence-electron chi connectivity index (χ2n) is 7.85. The fourth-order valence-electron chi connectivity index (χ4n) is 3.15. The minimum absolute atomic E-state index is 0.246. The Kier molecular flexibility index (Phi) is 8.28. The topological polar surface area (TPSA) is 23.5 Å². The van der Waals surface area contributed by atoms with Gasteiger partial charge in [-0.05, 0) is 55.2 Å². The molecule has 0 radical (unpaired) electrons. The van der Waals surface area contributed by atoms with E-state index in [0.717, 1.165) is 38.9 Å². The molecule has 0 aliphatic carbocycles. The van der Waals surface area contributed by atoms with Crippen LogP contribution in [0.2, 0.25) is 0 Å². The van der Waals surface area contributed by atoms with E-state index in [4.69, 9.17) is 0 Å². The Bertz CT molecular complexity index is 436. The smallest absolute Gasteiger partial charge is 0.0639 e. The first-order valence-corrected chi connectivity index (χ1v) is 9.28. The van der Waals surface area contributed by atoms with Crippen LogP contribution < -0.4 is 0 Å². The Morgan fingerprint density at radius 1 is 1.04 bits per heavy atom. The molecule has 0 amide bonds. The molecule has 0 aromatic heterocycles. The SMILES string of the molecule is CCCN(CC(C)O)CC(C)Cc1ccc(C(C)(C)CC)cc1. The van der Waals surface area contributed by atoms with Crippen LogP contribution in [0.4, 0.5) is 0 Å². The van der Waals surface area contributed by atoms with E-state index in [-0.39, 0.29) is 11.5 Å². The summed E-state index contributed by atoms with van der Waals surface area (Å²) in [7, 11) is 0. The summed E-state index contributed by atoms with van der Waals surface area (Å²) in [5.41, 5.74) is 3.11. The van der Waals surface area contributed by atoms with Crippen LogP contribution in [0.25, 0.3) is 0 Å². The van der Waals surface area contributed by atoms with Gasteiger partial charge in [0.05, 0.1) is 6.10 Å². The lowest BCUT2D eigenvalue weighted by atomic mass is 9.82. The molecule has 132 valence electrons. The summed E-state index contributed by atoms with van der Waals surface area (Å²) in [6, 6.07) is 9.18. The Balaban J connectivity index is 2.61. The second kappa shape index (κ2) is 9.44. The minimum Gasteiger partial charge on any atom is -0.392 e. The van der Waals surface area contributed by atoms with E-state index in [0.29, 0.717) is 5.92 Å². The van der Waals surface area contributed by atoms with Crippen LogP contribution in [0, 0.1) is 5.92 Å². The maximum atomic E-state index is 9.64. The van der Waals surface area contributed by atoms with E-state index in [9.17, 15) is 5.11 Å². The molecule has 0 saturated heterocycles. The van der Waals surface area contributed by atoms with Gasteiger partial charge in [-0.15, -0.1) is 0 Å². The van der Waals surface area contributed by atoms with Gasteiger partial charge in [0.25, 0.3) is 0 Å². The third-order valence-electron chi connectivity index (χ3n) is 4.84. The van der Waals surface area contributed by atoms with Crippen molar-refractivity contribution in [3.63, 3.8) is 0 Å². The molecular formula is C21H37NO. The molecule has 0 heterocycles. The summed E-state index contributed by atoms with van der Waals surface area (Å²) in [6.07, 6.45) is 3.16. The number of hydrogen-bond donors (Lipinski definition) is 1. The van der Waals surface area contributed by atoms with E-state index in [1.165, 1.54) is 11.1 Å². The highest BCUT2D eigenvalue weighted by Crippen LogP contribution is 2.27. The first-order valence-electron chi connectivity index (χ1n) is 9.28. The molecule has 0 aliphatic rings. The van der Waals surface area contributed by atoms with Gasteiger partial charge in [-0.1, -0.05) is 58.9 Å². The highest BCUT2D eigenvalue weighted by Gasteiger charge is 2.18. The highest BCUT2D eigenvalue weighted by molar-refractivity contribution is 5.28. The third-order valence-corrected chi connectivity index (χ3v) is 4.84. The number of nitrogens with zero attached hydrogens (tertiary/aromatic N) is 1. The van der Waals surface area contributed by atoms with Crippen LogP contribution in [0.15, 0.2) is 24.3 Å². The van der Waals surface area contributed by atoms with Crippen molar-refractivity contribution in [1.82, 2.24) is 4.90 Å². The van der Waals surface area contributed by atoms with Crippen molar-refractivity contribution >= 4 is 0 Å². The molecule has 1 N–H and O–H groups in total. The Morgan fingerprint density at radius 2 is 1.65 bits per heavy atom. The summed E-state index contributed by atoms with van der Waals surface area (Å²) in [4.78, 5) is 2.39. The summed E-state index contributed by atoms with van der Waals surface area (Å²) in [5.74, 6) is 0.602. The van der Waals surface area contributed by atoms with E-state index in [2.05, 4.69) is 63.8 Å². The Morgan fingerprint density at radius 3 is 2.13 bits per heavy atom. The predicted octanol–water partition coefficient (Wildman–Crippen LogP) is 4.65. The molecule has 23 heavy (non-hydrogen) atoms. The monoisotopic (exact) mass is 319 g/mol. The van der Waals surface area contributed by atoms with Gasteiger partial charge >= 0.3 is 0 Å². The van der Waals surface area contributed by atoms with Gasteiger partial charge in [0.2, 0.25) is 0 Å². The summed E-state index contributed by atoms with van der Waals surface area (Å²) < 4.78 is 0. The molecule has 0 saturated carbocycles. The van der Waals surface area contributed by atoms with Crippen molar-refractivity contribution in [3.05, 3.63) is 35.4 Å². The molecule has 0 spiro atoms. The quantitative estimate of drug-likeness (QED) is 0.679. The van der Waals surface area contributed by atoms with Gasteiger partial charge in [0.1, 0.15) is 0 Å². The molecule has 2 atom stereocenters. The van der Waals surface area contributed by atoms with Crippen molar-refractivity contribution in [2.75, 3.05) is 19.6 Å². The zero-order valence-corrected chi connectivity index (χ0v) is 16.1. The Labute approximate surface area is 143 Å². The van der Waals surface area contributed by atoms with Gasteiger partial charge in [0.15, 0.2) is 0 Å². The van der Waals surface area contributed by atoms with E-state index in [1.54, 1.807) is 0 Å². The predicted molar refractivity (Wildman–Crippen MR) is 101 cm³/mol. The van der Waals surface area contributed by atoms with Gasteiger partial charge < -0.3 is 10.0 Å². The molecule has 1 rings (SSSR count). The molecule has 0 bridgehead atoms. The van der Waals surface area contributed by atoms with Crippen molar-refractivity contribution in [3.8, 4) is 0 Å². The Hall–Kier alpha value is -0.860. The fourth-order valence-corrected chi connectivity index (χ4v) is 3.15. The van der Waals surface area contributed by atoms with Crippen molar-refractivity contribution in [2.45, 2.75) is 72.3 Å². The molecule has 2 unspecified atom stereocenters. The van der Waals surface area contributed by atoms with Gasteiger partial charge in [-0.25, -0.2) is 0 Å². The number of aliphatic hydroxyl groups excluding tert-OH is 1. The zero-order chi connectivity index (χ0) is 17.5. The molecule has 0 fully saturated rings. The summed E-state index contributed by atoms with van der Waals surface area (Å²) in [6.45, 7) is 16.2. The van der Waals surface area contributed by atoms with Crippen LogP contribution in [0.1, 0.15) is 65.5 Å². The lowest BCUT2D eigenvalue weighted by Crippen LogP contribution is -2.35. The minimum atomic E-state index is -0.246. The van der Waals surface area contributed by atoms with Crippen LogP contribution in [0.3, 0.4) is 0 Å². The lowest BCUT2D eigenvalue weighted by molar-refractivity contribution is 0.117. The normalized spacial score (nSPS) is 15.0. The highest BCUT2D eigenvalue weighted by atomic mass is 16.3. The lowest BCUT2D eigenvalue weighted by Gasteiger charge is -2.27. The molecule has 1 aromatic rings. The van der Waals surface area contributed by atoms with Crippen LogP contribution in [0.5, 0.6) is 0 Å². The number of benzene rings is 1. The maximum absolute atomic E-state index is 9.64. The number of aliphatic hydroxyl groups is 1. The number of rotatable bonds is 10. The van der Waals surface area contributed by atoms with Crippen molar-refractivity contribution < 1.29 is 5.11 Å². The van der Waals surface area contributed by atoms with E-state index in [1.807, 2.05) is 6.92 Å². The van der Waals surface area contributed by atoms with Crippen LogP contribution in [-0.4, -0.2) is 35.7 Å². The fraction of sp³-hybridized carbons (Fsp3) is 0.714. The molecule has 2 heteroatoms. The van der Waals surface area contributed by atoms with Crippen molar-refractivity contribution in [1.29, 1.82) is 0 Å². The van der Waals surface area contributed by atoms with Crippen molar-refractivity contribution in [2.24, 2.45) is 5.92 Å². The molecule has 0 aliphatic heterocycles. The standard InChI is InChI=1S/C21H37NO/c1-7-13-22(16-18(4)23)15-17(3)14-19-9-11-20(12-10-19)21(5,6)8-2/h9-12,17-18,23H,7-8,13-16H2,1-6H3. The summed E-state index contributed by atoms with van der Waals surface area (Å²) in [5, 5.41) is 9.64. The largest absolute Gasteiger partial charge is 0.392 e. The molecule has 1 aromatic carbocycles. The third kappa shape index (κ3) is 7.05.